The van der Waals surface area contributed by atoms with Crippen LogP contribution in [-0.4, -0.2) is 17.5 Å². The number of aromatic nitrogens is 1. The summed E-state index contributed by atoms with van der Waals surface area (Å²) in [6, 6.07) is 16.3. The summed E-state index contributed by atoms with van der Waals surface area (Å²) in [5.41, 5.74) is 8.60. The number of carbonyl (C=O) groups excluding carboxylic acids is 1. The second-order valence-electron chi connectivity index (χ2n) is 6.31. The summed E-state index contributed by atoms with van der Waals surface area (Å²) in [6.07, 6.45) is 0. The first-order valence-corrected chi connectivity index (χ1v) is 9.02. The SMILES string of the molecule is CCOc1cccc(Oc2ccc(NC(=O)c3cc(C)c(C)nc3N)cc2)c1. The summed E-state index contributed by atoms with van der Waals surface area (Å²) in [5.74, 6) is 2.00. The molecule has 0 aliphatic heterocycles. The number of amides is 1. The van der Waals surface area contributed by atoms with E-state index < -0.39 is 0 Å². The van der Waals surface area contributed by atoms with Gasteiger partial charge in [0.05, 0.1) is 12.2 Å². The van der Waals surface area contributed by atoms with E-state index in [9.17, 15) is 4.79 Å². The summed E-state index contributed by atoms with van der Waals surface area (Å²) in [5, 5.41) is 2.83. The van der Waals surface area contributed by atoms with Gasteiger partial charge in [0.25, 0.3) is 5.91 Å². The van der Waals surface area contributed by atoms with E-state index in [1.165, 1.54) is 0 Å². The summed E-state index contributed by atoms with van der Waals surface area (Å²) < 4.78 is 11.3. The van der Waals surface area contributed by atoms with Crippen LogP contribution in [0.15, 0.2) is 54.6 Å². The van der Waals surface area contributed by atoms with Crippen LogP contribution in [0.1, 0.15) is 28.5 Å². The molecular weight excluding hydrogens is 354 g/mol. The molecule has 0 atom stereocenters. The molecular formula is C22H23N3O3. The van der Waals surface area contributed by atoms with E-state index >= 15 is 0 Å². The minimum Gasteiger partial charge on any atom is -0.494 e. The molecule has 0 unspecified atom stereocenters. The fourth-order valence-electron chi connectivity index (χ4n) is 2.64. The Morgan fingerprint density at radius 2 is 1.75 bits per heavy atom. The Bertz CT molecular complexity index is 985. The minimum absolute atomic E-state index is 0.217. The quantitative estimate of drug-likeness (QED) is 0.649. The van der Waals surface area contributed by atoms with Gasteiger partial charge >= 0.3 is 0 Å². The number of hydrogen-bond acceptors (Lipinski definition) is 5. The van der Waals surface area contributed by atoms with Gasteiger partial charge in [-0.05, 0) is 68.8 Å². The van der Waals surface area contributed by atoms with Gasteiger partial charge in [-0.25, -0.2) is 4.98 Å². The topological polar surface area (TPSA) is 86.5 Å². The molecule has 2 aromatic carbocycles. The Balaban J connectivity index is 1.68. The van der Waals surface area contributed by atoms with Crippen molar-refractivity contribution in [3.63, 3.8) is 0 Å². The lowest BCUT2D eigenvalue weighted by atomic mass is 10.1. The van der Waals surface area contributed by atoms with Crippen LogP contribution in [0.25, 0.3) is 0 Å². The first-order valence-electron chi connectivity index (χ1n) is 9.02. The Morgan fingerprint density at radius 1 is 1.04 bits per heavy atom. The van der Waals surface area contributed by atoms with Crippen molar-refractivity contribution in [3.05, 3.63) is 71.4 Å². The van der Waals surface area contributed by atoms with Gasteiger partial charge in [0.2, 0.25) is 0 Å². The Kier molecular flexibility index (Phi) is 5.79. The molecule has 0 saturated carbocycles. The molecule has 28 heavy (non-hydrogen) atoms. The zero-order chi connectivity index (χ0) is 20.1. The molecule has 0 spiro atoms. The highest BCUT2D eigenvalue weighted by molar-refractivity contribution is 6.07. The smallest absolute Gasteiger partial charge is 0.259 e. The van der Waals surface area contributed by atoms with E-state index in [4.69, 9.17) is 15.2 Å². The van der Waals surface area contributed by atoms with E-state index in [1.807, 2.05) is 45.0 Å². The van der Waals surface area contributed by atoms with Crippen molar-refractivity contribution in [2.24, 2.45) is 0 Å². The molecule has 0 fully saturated rings. The fraction of sp³-hybridized carbons (Fsp3) is 0.182. The van der Waals surface area contributed by atoms with Crippen LogP contribution >= 0.6 is 0 Å². The van der Waals surface area contributed by atoms with E-state index in [-0.39, 0.29) is 11.7 Å². The number of nitrogen functional groups attached to an aromatic ring is 1. The lowest BCUT2D eigenvalue weighted by Gasteiger charge is -2.11. The number of anilines is 2. The second-order valence-corrected chi connectivity index (χ2v) is 6.31. The van der Waals surface area contributed by atoms with Gasteiger partial charge in [-0.15, -0.1) is 0 Å². The zero-order valence-electron chi connectivity index (χ0n) is 16.2. The van der Waals surface area contributed by atoms with Crippen molar-refractivity contribution < 1.29 is 14.3 Å². The molecule has 0 bridgehead atoms. The zero-order valence-corrected chi connectivity index (χ0v) is 16.2. The van der Waals surface area contributed by atoms with Gasteiger partial charge in [-0.3, -0.25) is 4.79 Å². The van der Waals surface area contributed by atoms with Gasteiger partial charge in [0, 0.05) is 17.4 Å². The number of nitrogens with zero attached hydrogens (tertiary/aromatic N) is 1. The number of ether oxygens (including phenoxy) is 2. The van der Waals surface area contributed by atoms with Crippen molar-refractivity contribution in [1.82, 2.24) is 4.98 Å². The summed E-state index contributed by atoms with van der Waals surface area (Å²) in [6.45, 7) is 6.28. The third kappa shape index (κ3) is 4.59. The van der Waals surface area contributed by atoms with E-state index in [2.05, 4.69) is 10.3 Å². The lowest BCUT2D eigenvalue weighted by molar-refractivity contribution is 0.102. The van der Waals surface area contributed by atoms with Gasteiger partial charge in [-0.1, -0.05) is 6.07 Å². The molecule has 6 nitrogen and oxygen atoms in total. The Morgan fingerprint density at radius 3 is 2.46 bits per heavy atom. The molecule has 1 aromatic heterocycles. The van der Waals surface area contributed by atoms with Gasteiger partial charge in [0.1, 0.15) is 23.1 Å². The predicted octanol–water partition coefficient (Wildman–Crippen LogP) is 4.72. The third-order valence-electron chi connectivity index (χ3n) is 4.20. The molecule has 0 radical (unpaired) electrons. The standard InChI is InChI=1S/C22H23N3O3/c1-4-27-18-6-5-7-19(13-18)28-17-10-8-16(9-11-17)25-22(26)20-12-14(2)15(3)24-21(20)23/h5-13H,4H2,1-3H3,(H2,23,24)(H,25,26). The fourth-order valence-corrected chi connectivity index (χ4v) is 2.64. The molecule has 3 aromatic rings. The van der Waals surface area contributed by atoms with Crippen molar-refractivity contribution >= 4 is 17.4 Å². The van der Waals surface area contributed by atoms with Crippen LogP contribution in [-0.2, 0) is 0 Å². The normalized spacial score (nSPS) is 10.4. The van der Waals surface area contributed by atoms with Gasteiger partial charge in [-0.2, -0.15) is 0 Å². The van der Waals surface area contributed by atoms with E-state index in [0.717, 1.165) is 17.0 Å². The molecule has 0 aliphatic carbocycles. The highest BCUT2D eigenvalue weighted by Crippen LogP contribution is 2.26. The van der Waals surface area contributed by atoms with Crippen LogP contribution < -0.4 is 20.5 Å². The average Bonchev–Trinajstić information content (AvgIpc) is 2.67. The molecule has 0 saturated heterocycles. The first kappa shape index (κ1) is 19.2. The summed E-state index contributed by atoms with van der Waals surface area (Å²) in [4.78, 5) is 16.7. The Labute approximate surface area is 164 Å². The van der Waals surface area contributed by atoms with Crippen LogP contribution in [0.5, 0.6) is 17.2 Å². The van der Waals surface area contributed by atoms with E-state index in [0.29, 0.717) is 29.4 Å². The number of carbonyl (C=O) groups is 1. The van der Waals surface area contributed by atoms with Crippen molar-refractivity contribution in [3.8, 4) is 17.2 Å². The highest BCUT2D eigenvalue weighted by Gasteiger charge is 2.13. The molecule has 144 valence electrons. The number of nitrogens with two attached hydrogens (primary N) is 1. The Hall–Kier alpha value is -3.54. The highest BCUT2D eigenvalue weighted by atomic mass is 16.5. The number of rotatable bonds is 6. The average molecular weight is 377 g/mol. The maximum Gasteiger partial charge on any atom is 0.259 e. The van der Waals surface area contributed by atoms with E-state index in [1.54, 1.807) is 30.3 Å². The minimum atomic E-state index is -0.300. The van der Waals surface area contributed by atoms with Gasteiger partial charge < -0.3 is 20.5 Å². The van der Waals surface area contributed by atoms with Crippen molar-refractivity contribution in [1.29, 1.82) is 0 Å². The maximum atomic E-state index is 12.5. The molecule has 3 N–H and O–H groups in total. The number of aryl methyl sites for hydroxylation is 2. The van der Waals surface area contributed by atoms with Crippen LogP contribution in [0.4, 0.5) is 11.5 Å². The summed E-state index contributed by atoms with van der Waals surface area (Å²) in [7, 11) is 0. The maximum absolute atomic E-state index is 12.5. The first-order chi connectivity index (χ1) is 13.5. The number of benzene rings is 2. The van der Waals surface area contributed by atoms with Gasteiger partial charge in [0.15, 0.2) is 0 Å². The molecule has 3 rings (SSSR count). The van der Waals surface area contributed by atoms with Crippen molar-refractivity contribution in [2.75, 3.05) is 17.7 Å². The molecule has 0 aliphatic rings. The van der Waals surface area contributed by atoms with Crippen LogP contribution in [0.3, 0.4) is 0 Å². The van der Waals surface area contributed by atoms with Crippen LogP contribution in [0, 0.1) is 13.8 Å². The number of hydrogen-bond donors (Lipinski definition) is 2. The molecule has 6 heteroatoms. The predicted molar refractivity (Wildman–Crippen MR) is 110 cm³/mol. The summed E-state index contributed by atoms with van der Waals surface area (Å²) >= 11 is 0. The molecule has 1 heterocycles. The monoisotopic (exact) mass is 377 g/mol. The van der Waals surface area contributed by atoms with Crippen LogP contribution in [0.2, 0.25) is 0 Å². The third-order valence-corrected chi connectivity index (χ3v) is 4.20. The largest absolute Gasteiger partial charge is 0.494 e. The number of nitrogens with one attached hydrogen (secondary N) is 1. The lowest BCUT2D eigenvalue weighted by Crippen LogP contribution is -2.15. The molecule has 1 amide bonds. The second kappa shape index (κ2) is 8.43. The van der Waals surface area contributed by atoms with Crippen molar-refractivity contribution in [2.45, 2.75) is 20.8 Å². The number of pyridine rings is 1.